The fourth-order valence-corrected chi connectivity index (χ4v) is 0.971. The molecule has 0 spiro atoms. The Morgan fingerprint density at radius 3 is 2.19 bits per heavy atom. The maximum absolute atomic E-state index is 11.7. The number of carbonyl (C=O) groups is 1. The molecule has 16 heavy (non-hydrogen) atoms. The molecule has 0 radical (unpaired) electrons. The van der Waals surface area contributed by atoms with Gasteiger partial charge in [0.25, 0.3) is 0 Å². The van der Waals surface area contributed by atoms with Crippen molar-refractivity contribution in [3.05, 3.63) is 11.8 Å². The first-order valence-corrected chi connectivity index (χ1v) is 5.33. The van der Waals surface area contributed by atoms with Crippen LogP contribution in [0.3, 0.4) is 0 Å². The summed E-state index contributed by atoms with van der Waals surface area (Å²) in [5.74, 6) is 0.101. The van der Waals surface area contributed by atoms with Gasteiger partial charge in [0.1, 0.15) is 0 Å². The number of ether oxygens (including phenoxy) is 2. The highest BCUT2D eigenvalue weighted by Gasteiger charge is 2.18. The van der Waals surface area contributed by atoms with Gasteiger partial charge >= 0.3 is 0 Å². The minimum absolute atomic E-state index is 0.101. The highest BCUT2D eigenvalue weighted by molar-refractivity contribution is 5.94. The molecule has 0 rings (SSSR count). The van der Waals surface area contributed by atoms with E-state index in [9.17, 15) is 4.79 Å². The molecule has 0 saturated heterocycles. The Morgan fingerprint density at radius 2 is 1.81 bits per heavy atom. The van der Waals surface area contributed by atoms with Crippen molar-refractivity contribution in [2.24, 2.45) is 5.41 Å². The molecule has 0 bridgehead atoms. The first kappa shape index (κ1) is 15.1. The molecule has 0 heterocycles. The Hall–Kier alpha value is -0.870. The second kappa shape index (κ2) is 6.66. The van der Waals surface area contributed by atoms with Crippen LogP contribution in [-0.4, -0.2) is 32.8 Å². The minimum Gasteiger partial charge on any atom is -0.383 e. The number of hydrogen-bond acceptors (Lipinski definition) is 4. The number of allylic oxidation sites excluding steroid dienone is 2. The van der Waals surface area contributed by atoms with Crippen molar-refractivity contribution in [3.63, 3.8) is 0 Å². The summed E-state index contributed by atoms with van der Waals surface area (Å²) in [6.45, 7) is 8.06. The summed E-state index contributed by atoms with van der Waals surface area (Å²) < 4.78 is 10.1. The molecule has 0 unspecified atom stereocenters. The zero-order valence-corrected chi connectivity index (χ0v) is 11.1. The van der Waals surface area contributed by atoms with E-state index in [4.69, 9.17) is 9.47 Å². The molecule has 0 fully saturated rings. The van der Waals surface area contributed by atoms with E-state index in [1.807, 2.05) is 27.7 Å². The molecule has 94 valence electrons. The van der Waals surface area contributed by atoms with Gasteiger partial charge in [0.15, 0.2) is 12.1 Å². The van der Waals surface area contributed by atoms with Crippen LogP contribution in [0.5, 0.6) is 0 Å². The Bertz CT molecular complexity index is 249. The average Bonchev–Trinajstić information content (AvgIpc) is 2.17. The molecule has 1 N–H and O–H groups in total. The van der Waals surface area contributed by atoms with Gasteiger partial charge < -0.3 is 14.8 Å². The second-order valence-corrected chi connectivity index (χ2v) is 4.72. The minimum atomic E-state index is -0.342. The number of carbonyl (C=O) groups excluding carboxylic acids is 1. The van der Waals surface area contributed by atoms with Crippen molar-refractivity contribution in [2.75, 3.05) is 20.8 Å². The molecule has 0 saturated carbocycles. The molecule has 0 aliphatic carbocycles. The highest BCUT2D eigenvalue weighted by Crippen LogP contribution is 2.15. The van der Waals surface area contributed by atoms with Crippen molar-refractivity contribution < 1.29 is 14.3 Å². The van der Waals surface area contributed by atoms with Gasteiger partial charge in [0.05, 0.1) is 6.54 Å². The van der Waals surface area contributed by atoms with Crippen LogP contribution in [0.15, 0.2) is 11.8 Å². The smallest absolute Gasteiger partial charge is 0.173 e. The molecule has 0 aromatic carbocycles. The largest absolute Gasteiger partial charge is 0.383 e. The first-order valence-electron chi connectivity index (χ1n) is 5.33. The van der Waals surface area contributed by atoms with Crippen LogP contribution in [0.25, 0.3) is 0 Å². The lowest BCUT2D eigenvalue weighted by Gasteiger charge is -2.17. The molecule has 0 aromatic rings. The van der Waals surface area contributed by atoms with E-state index in [1.54, 1.807) is 20.3 Å². The van der Waals surface area contributed by atoms with Crippen LogP contribution in [0.1, 0.15) is 27.7 Å². The molecule has 0 aliphatic rings. The first-order chi connectivity index (χ1) is 7.31. The monoisotopic (exact) mass is 229 g/mol. The van der Waals surface area contributed by atoms with Crippen molar-refractivity contribution in [1.29, 1.82) is 0 Å². The summed E-state index contributed by atoms with van der Waals surface area (Å²) in [7, 11) is 3.16. The molecule has 4 nitrogen and oxygen atoms in total. The van der Waals surface area contributed by atoms with Gasteiger partial charge in [-0.05, 0) is 6.92 Å². The summed E-state index contributed by atoms with van der Waals surface area (Å²) in [4.78, 5) is 11.7. The maximum atomic E-state index is 11.7. The highest BCUT2D eigenvalue weighted by atomic mass is 16.7. The predicted octanol–water partition coefficient (Wildman–Crippen LogP) is 1.71. The Balaban J connectivity index is 4.20. The molecular formula is C12H23NO3. The molecule has 0 amide bonds. The fourth-order valence-electron chi connectivity index (χ4n) is 0.971. The summed E-state index contributed by atoms with van der Waals surface area (Å²) in [5.41, 5.74) is 0.476. The normalized spacial score (nSPS) is 13.1. The summed E-state index contributed by atoms with van der Waals surface area (Å²) in [5, 5.41) is 3.08. The molecule has 4 heteroatoms. The zero-order chi connectivity index (χ0) is 12.8. The van der Waals surface area contributed by atoms with E-state index in [0.29, 0.717) is 6.54 Å². The van der Waals surface area contributed by atoms with Gasteiger partial charge in [0.2, 0.25) is 0 Å². The summed E-state index contributed by atoms with van der Waals surface area (Å²) in [6.07, 6.45) is 1.32. The third-order valence-corrected chi connectivity index (χ3v) is 2.16. The number of hydrogen-bond donors (Lipinski definition) is 1. The zero-order valence-electron chi connectivity index (χ0n) is 11.1. The topological polar surface area (TPSA) is 47.6 Å². The Kier molecular flexibility index (Phi) is 6.29. The van der Waals surface area contributed by atoms with E-state index < -0.39 is 0 Å². The number of nitrogens with one attached hydrogen (secondary N) is 1. The molecule has 0 aliphatic heterocycles. The Morgan fingerprint density at radius 1 is 1.31 bits per heavy atom. The van der Waals surface area contributed by atoms with Gasteiger partial charge in [-0.3, -0.25) is 4.79 Å². The van der Waals surface area contributed by atoms with Crippen LogP contribution < -0.4 is 5.32 Å². The van der Waals surface area contributed by atoms with E-state index >= 15 is 0 Å². The SMILES string of the molecule is COC(CNC(C)=CC(=O)C(C)(C)C)OC. The number of ketones is 1. The van der Waals surface area contributed by atoms with E-state index in [1.165, 1.54) is 0 Å². The van der Waals surface area contributed by atoms with Crippen LogP contribution in [0.4, 0.5) is 0 Å². The summed E-state index contributed by atoms with van der Waals surface area (Å²) in [6, 6.07) is 0. The lowest BCUT2D eigenvalue weighted by molar-refractivity contribution is -0.121. The summed E-state index contributed by atoms with van der Waals surface area (Å²) >= 11 is 0. The van der Waals surface area contributed by atoms with E-state index in [-0.39, 0.29) is 17.5 Å². The van der Waals surface area contributed by atoms with Gasteiger partial charge in [-0.15, -0.1) is 0 Å². The fraction of sp³-hybridized carbons (Fsp3) is 0.750. The third-order valence-electron chi connectivity index (χ3n) is 2.16. The van der Waals surface area contributed by atoms with Crippen molar-refractivity contribution in [2.45, 2.75) is 34.0 Å². The lowest BCUT2D eigenvalue weighted by atomic mass is 9.90. The van der Waals surface area contributed by atoms with Crippen LogP contribution in [-0.2, 0) is 14.3 Å². The van der Waals surface area contributed by atoms with Crippen molar-refractivity contribution in [3.8, 4) is 0 Å². The predicted molar refractivity (Wildman–Crippen MR) is 64.0 cm³/mol. The van der Waals surface area contributed by atoms with Gasteiger partial charge in [-0.2, -0.15) is 0 Å². The van der Waals surface area contributed by atoms with Crippen LogP contribution >= 0.6 is 0 Å². The third kappa shape index (κ3) is 5.88. The van der Waals surface area contributed by atoms with Gasteiger partial charge in [-0.25, -0.2) is 0 Å². The van der Waals surface area contributed by atoms with E-state index in [0.717, 1.165) is 5.70 Å². The van der Waals surface area contributed by atoms with Gasteiger partial charge in [0, 0.05) is 31.4 Å². The van der Waals surface area contributed by atoms with Gasteiger partial charge in [-0.1, -0.05) is 20.8 Å². The quantitative estimate of drug-likeness (QED) is 0.556. The maximum Gasteiger partial charge on any atom is 0.173 e. The van der Waals surface area contributed by atoms with Crippen molar-refractivity contribution in [1.82, 2.24) is 5.32 Å². The Labute approximate surface area is 98.0 Å². The van der Waals surface area contributed by atoms with Crippen molar-refractivity contribution >= 4 is 5.78 Å². The number of rotatable bonds is 6. The van der Waals surface area contributed by atoms with Crippen LogP contribution in [0, 0.1) is 5.41 Å². The standard InChI is InChI=1S/C12H23NO3/c1-9(7-10(14)12(2,3)4)13-8-11(15-5)16-6/h7,11,13H,8H2,1-6H3. The molecule has 0 atom stereocenters. The lowest BCUT2D eigenvalue weighted by Crippen LogP contribution is -2.29. The average molecular weight is 229 g/mol. The second-order valence-electron chi connectivity index (χ2n) is 4.72. The van der Waals surface area contributed by atoms with E-state index in [2.05, 4.69) is 5.32 Å². The van der Waals surface area contributed by atoms with Crippen LogP contribution in [0.2, 0.25) is 0 Å². The number of methoxy groups -OCH3 is 2. The molecular weight excluding hydrogens is 206 g/mol. The molecule has 0 aromatic heterocycles.